The number of carbonyl (C=O) groups is 2. The van der Waals surface area contributed by atoms with Crippen LogP contribution in [0.4, 0.5) is 0 Å². The van der Waals surface area contributed by atoms with Crippen LogP contribution in [0, 0.1) is 0 Å². The zero-order chi connectivity index (χ0) is 8.15. The second-order valence-corrected chi connectivity index (χ2v) is 1.88. The molecule has 68 valence electrons. The second kappa shape index (κ2) is 9.24. The van der Waals surface area contributed by atoms with Crippen LogP contribution in [0.15, 0.2) is 0 Å². The Hall–Kier alpha value is 0.147. The van der Waals surface area contributed by atoms with Crippen molar-refractivity contribution < 1.29 is 41.5 Å². The molecule has 0 saturated heterocycles. The molecule has 0 saturated carbocycles. The van der Waals surface area contributed by atoms with Crippen molar-refractivity contribution in [3.8, 4) is 0 Å². The topological polar surface area (TPSA) is 101 Å². The van der Waals surface area contributed by atoms with Gasteiger partial charge in [0.1, 0.15) is 6.04 Å². The summed E-state index contributed by atoms with van der Waals surface area (Å²) in [6.45, 7) is 0. The van der Waals surface area contributed by atoms with Gasteiger partial charge in [-0.3, -0.25) is 9.59 Å². The summed E-state index contributed by atoms with van der Waals surface area (Å²) in [5.74, 6) is -2.20. The SMILES string of the molecule is N[C@@H](CCC(=O)O)C(=O)O.[AlH3].[Ti]. The molecule has 12 heavy (non-hydrogen) atoms. The van der Waals surface area contributed by atoms with Crippen LogP contribution in [-0.2, 0) is 31.3 Å². The summed E-state index contributed by atoms with van der Waals surface area (Å²) in [6, 6.07) is -1.06. The first-order valence-corrected chi connectivity index (χ1v) is 2.74. The Morgan fingerprint density at radius 1 is 1.33 bits per heavy atom. The third-order valence-electron chi connectivity index (χ3n) is 0.986. The van der Waals surface area contributed by atoms with Crippen molar-refractivity contribution in [2.75, 3.05) is 0 Å². The molecule has 7 heteroatoms. The van der Waals surface area contributed by atoms with Gasteiger partial charge in [0.25, 0.3) is 0 Å². The predicted octanol–water partition coefficient (Wildman–Crippen LogP) is -1.92. The standard InChI is InChI=1S/C5H9NO4.Al.Ti.3H/c6-3(5(9)10)1-2-4(7)8;;;;;/h3H,1-2,6H2,(H,7,8)(H,9,10);;;;;/t3-;;;;;/m0...../s1. The molecule has 0 spiro atoms. The van der Waals surface area contributed by atoms with Gasteiger partial charge in [-0.1, -0.05) is 0 Å². The van der Waals surface area contributed by atoms with E-state index in [1.54, 1.807) is 0 Å². The Balaban J connectivity index is -0.000000405. The van der Waals surface area contributed by atoms with Crippen molar-refractivity contribution in [3.05, 3.63) is 0 Å². The zero-order valence-corrected chi connectivity index (χ0v) is 7.34. The summed E-state index contributed by atoms with van der Waals surface area (Å²) in [6.07, 6.45) is -0.224. The van der Waals surface area contributed by atoms with E-state index >= 15 is 0 Å². The third kappa shape index (κ3) is 10.1. The molecule has 0 fully saturated rings. The van der Waals surface area contributed by atoms with E-state index in [1.165, 1.54) is 0 Å². The van der Waals surface area contributed by atoms with Gasteiger partial charge in [0.15, 0.2) is 17.4 Å². The molecule has 4 N–H and O–H groups in total. The van der Waals surface area contributed by atoms with Gasteiger partial charge in [-0.15, -0.1) is 0 Å². The predicted molar refractivity (Wildman–Crippen MR) is 42.4 cm³/mol. The van der Waals surface area contributed by atoms with Crippen LogP contribution >= 0.6 is 0 Å². The summed E-state index contributed by atoms with van der Waals surface area (Å²) in [7, 11) is 0. The van der Waals surface area contributed by atoms with E-state index in [-0.39, 0.29) is 51.9 Å². The van der Waals surface area contributed by atoms with Crippen molar-refractivity contribution in [1.82, 2.24) is 0 Å². The van der Waals surface area contributed by atoms with Crippen LogP contribution < -0.4 is 5.73 Å². The van der Waals surface area contributed by atoms with Crippen molar-refractivity contribution in [2.45, 2.75) is 18.9 Å². The minimum atomic E-state index is -1.17. The van der Waals surface area contributed by atoms with Gasteiger partial charge >= 0.3 is 11.9 Å². The van der Waals surface area contributed by atoms with Gasteiger partial charge in [0.05, 0.1) is 0 Å². The maximum absolute atomic E-state index is 9.99. The summed E-state index contributed by atoms with van der Waals surface area (Å²) in [5, 5.41) is 16.3. The molecule has 0 aromatic carbocycles. The fraction of sp³-hybridized carbons (Fsp3) is 0.600. The van der Waals surface area contributed by atoms with Crippen molar-refractivity contribution in [1.29, 1.82) is 0 Å². The van der Waals surface area contributed by atoms with Gasteiger partial charge in [-0.2, -0.15) is 0 Å². The molecule has 5 nitrogen and oxygen atoms in total. The monoisotopic (exact) mass is 225 g/mol. The van der Waals surface area contributed by atoms with Crippen molar-refractivity contribution >= 4 is 29.3 Å². The maximum Gasteiger partial charge on any atom is 0.320 e. The van der Waals surface area contributed by atoms with E-state index in [2.05, 4.69) is 0 Å². The van der Waals surface area contributed by atoms with Crippen molar-refractivity contribution in [3.63, 3.8) is 0 Å². The molecule has 0 unspecified atom stereocenters. The first-order chi connectivity index (χ1) is 4.54. The molecule has 0 aliphatic heterocycles. The van der Waals surface area contributed by atoms with Gasteiger partial charge in [0.2, 0.25) is 0 Å². The molecular weight excluding hydrogens is 213 g/mol. The molecule has 0 heterocycles. The third-order valence-corrected chi connectivity index (χ3v) is 0.986. The van der Waals surface area contributed by atoms with Gasteiger partial charge in [0, 0.05) is 28.1 Å². The second-order valence-electron chi connectivity index (χ2n) is 1.88. The van der Waals surface area contributed by atoms with E-state index in [0.717, 1.165) is 0 Å². The van der Waals surface area contributed by atoms with Crippen LogP contribution in [0.25, 0.3) is 0 Å². The molecule has 0 aliphatic rings. The van der Waals surface area contributed by atoms with Crippen LogP contribution in [-0.4, -0.2) is 45.6 Å². The molecule has 1 atom stereocenters. The minimum Gasteiger partial charge on any atom is -0.481 e. The number of carboxylic acid groups (broad SMARTS) is 2. The molecule has 0 rings (SSSR count). The first-order valence-electron chi connectivity index (χ1n) is 2.74. The zero-order valence-electron chi connectivity index (χ0n) is 5.78. The van der Waals surface area contributed by atoms with Gasteiger partial charge < -0.3 is 15.9 Å². The summed E-state index contributed by atoms with van der Waals surface area (Å²) in [5.41, 5.74) is 5.00. The van der Waals surface area contributed by atoms with Gasteiger partial charge in [-0.05, 0) is 6.42 Å². The first kappa shape index (κ1) is 18.0. The Bertz CT molecular complexity index is 154. The molecule has 0 bridgehead atoms. The van der Waals surface area contributed by atoms with E-state index in [9.17, 15) is 9.59 Å². The van der Waals surface area contributed by atoms with Crippen LogP contribution in [0.1, 0.15) is 12.8 Å². The Kier molecular flexibility index (Phi) is 13.9. The molecular formula is C5H12AlNO4Ti. The summed E-state index contributed by atoms with van der Waals surface area (Å²) in [4.78, 5) is 19.9. The molecule has 0 aromatic heterocycles. The van der Waals surface area contributed by atoms with E-state index in [1.807, 2.05) is 0 Å². The number of hydrogen-bond acceptors (Lipinski definition) is 3. The maximum atomic E-state index is 9.99. The number of hydrogen-bond donors (Lipinski definition) is 3. The number of nitrogens with two attached hydrogens (primary N) is 1. The van der Waals surface area contributed by atoms with Crippen molar-refractivity contribution in [2.24, 2.45) is 5.73 Å². The Labute approximate surface area is 95.3 Å². The quantitative estimate of drug-likeness (QED) is 0.484. The van der Waals surface area contributed by atoms with Gasteiger partial charge in [-0.25, -0.2) is 0 Å². The van der Waals surface area contributed by atoms with Crippen LogP contribution in [0.5, 0.6) is 0 Å². The Morgan fingerprint density at radius 2 is 1.75 bits per heavy atom. The number of carboxylic acids is 2. The Morgan fingerprint density at radius 3 is 2.00 bits per heavy atom. The fourth-order valence-corrected chi connectivity index (χ4v) is 0.402. The fourth-order valence-electron chi connectivity index (χ4n) is 0.402. The number of rotatable bonds is 4. The van der Waals surface area contributed by atoms with E-state index in [4.69, 9.17) is 15.9 Å². The molecule has 0 aliphatic carbocycles. The average Bonchev–Trinajstić information content (AvgIpc) is 1.82. The van der Waals surface area contributed by atoms with Crippen LogP contribution in [0.3, 0.4) is 0 Å². The van der Waals surface area contributed by atoms with E-state index < -0.39 is 18.0 Å². The average molecular weight is 225 g/mol. The largest absolute Gasteiger partial charge is 0.481 e. The molecule has 0 radical (unpaired) electrons. The minimum absolute atomic E-state index is 0. The molecule has 0 aromatic rings. The van der Waals surface area contributed by atoms with E-state index in [0.29, 0.717) is 0 Å². The normalized spacial score (nSPS) is 10.4. The molecule has 0 amide bonds. The number of aliphatic carboxylic acids is 2. The summed E-state index contributed by atoms with van der Waals surface area (Å²) >= 11 is 0. The summed E-state index contributed by atoms with van der Waals surface area (Å²) < 4.78 is 0. The van der Waals surface area contributed by atoms with Crippen LogP contribution in [0.2, 0.25) is 0 Å². The smallest absolute Gasteiger partial charge is 0.320 e.